The summed E-state index contributed by atoms with van der Waals surface area (Å²) in [5, 5.41) is 3.44. The summed E-state index contributed by atoms with van der Waals surface area (Å²) in [5.41, 5.74) is -0.582. The zero-order valence-electron chi connectivity index (χ0n) is 16.0. The van der Waals surface area contributed by atoms with Crippen LogP contribution in [0.15, 0.2) is 59.8 Å². The zero-order chi connectivity index (χ0) is 19.6. The van der Waals surface area contributed by atoms with Gasteiger partial charge in [-0.1, -0.05) is 37.5 Å². The van der Waals surface area contributed by atoms with Gasteiger partial charge in [-0.25, -0.2) is 9.97 Å². The molecule has 28 heavy (non-hydrogen) atoms. The molecule has 144 valence electrons. The van der Waals surface area contributed by atoms with Gasteiger partial charge in [0.2, 0.25) is 0 Å². The largest absolute Gasteiger partial charge is 0.309 e. The highest BCUT2D eigenvalue weighted by Gasteiger charge is 2.44. The highest BCUT2D eigenvalue weighted by Crippen LogP contribution is 2.37. The first-order chi connectivity index (χ1) is 13.6. The number of fused-ring (bicyclic) bond motifs is 1. The van der Waals surface area contributed by atoms with Gasteiger partial charge in [-0.15, -0.1) is 0 Å². The molecule has 3 aromatic rings. The molecule has 1 aliphatic rings. The number of benzene rings is 1. The number of nitrogens with one attached hydrogen (secondary N) is 1. The summed E-state index contributed by atoms with van der Waals surface area (Å²) < 4.78 is 1.53. The lowest BCUT2D eigenvalue weighted by Gasteiger charge is -2.39. The first kappa shape index (κ1) is 18.3. The maximum Gasteiger partial charge on any atom is 0.262 e. The summed E-state index contributed by atoms with van der Waals surface area (Å²) in [6.07, 6.45) is 8.27. The number of para-hydroxylation sites is 1. The minimum atomic E-state index is -1.04. The lowest BCUT2D eigenvalue weighted by molar-refractivity contribution is -0.127. The Labute approximate surface area is 163 Å². The molecule has 1 N–H and O–H groups in total. The lowest BCUT2D eigenvalue weighted by atomic mass is 9.74. The van der Waals surface area contributed by atoms with Crippen molar-refractivity contribution in [2.24, 2.45) is 5.92 Å². The van der Waals surface area contributed by atoms with Gasteiger partial charge < -0.3 is 5.32 Å². The molecule has 0 bridgehead atoms. The molecule has 0 unspecified atom stereocenters. The highest BCUT2D eigenvalue weighted by molar-refractivity contribution is 5.96. The minimum Gasteiger partial charge on any atom is -0.309 e. The van der Waals surface area contributed by atoms with Crippen LogP contribution in [0.1, 0.15) is 39.0 Å². The Balaban J connectivity index is 1.82. The number of carbonyl (C=O) groups excluding carboxylic acids is 1. The summed E-state index contributed by atoms with van der Waals surface area (Å²) in [4.78, 5) is 35.5. The number of rotatable bonds is 4. The number of pyridine rings is 1. The number of anilines is 1. The van der Waals surface area contributed by atoms with Crippen LogP contribution in [0.25, 0.3) is 10.9 Å². The molecule has 0 spiro atoms. The lowest BCUT2D eigenvalue weighted by Crippen LogP contribution is -2.53. The van der Waals surface area contributed by atoms with Gasteiger partial charge in [0.1, 0.15) is 11.4 Å². The van der Waals surface area contributed by atoms with Gasteiger partial charge >= 0.3 is 0 Å². The number of hydrogen-bond donors (Lipinski definition) is 1. The van der Waals surface area contributed by atoms with Crippen LogP contribution in [0, 0.1) is 5.92 Å². The predicted octanol–water partition coefficient (Wildman–Crippen LogP) is 3.73. The molecule has 6 heteroatoms. The monoisotopic (exact) mass is 376 g/mol. The molecule has 1 aliphatic carbocycles. The van der Waals surface area contributed by atoms with Crippen LogP contribution in [-0.2, 0) is 10.3 Å². The maximum atomic E-state index is 13.5. The number of hydrogen-bond acceptors (Lipinski definition) is 4. The topological polar surface area (TPSA) is 76.9 Å². The molecule has 2 aromatic heterocycles. The second kappa shape index (κ2) is 7.54. The fraction of sp³-hybridized carbons (Fsp3) is 0.364. The van der Waals surface area contributed by atoms with Crippen LogP contribution in [0.5, 0.6) is 0 Å². The smallest absolute Gasteiger partial charge is 0.262 e. The van der Waals surface area contributed by atoms with Gasteiger partial charge in [0.15, 0.2) is 0 Å². The van der Waals surface area contributed by atoms with Gasteiger partial charge in [0.25, 0.3) is 11.5 Å². The molecule has 0 saturated heterocycles. The van der Waals surface area contributed by atoms with Crippen LogP contribution in [0.4, 0.5) is 5.82 Å². The van der Waals surface area contributed by atoms with Crippen LogP contribution in [-0.4, -0.2) is 20.4 Å². The standard InChI is InChI=1S/C22H24N4O2/c1-22(16-9-3-2-4-10-16,21(28)25-19-13-7-8-14-23-19)26-15-24-18-12-6-5-11-17(18)20(26)27/h5-8,11-16H,2-4,9-10H2,1H3,(H,23,25,28)/t22-/m0/s1. The molecule has 2 heterocycles. The van der Waals surface area contributed by atoms with Crippen molar-refractivity contribution < 1.29 is 4.79 Å². The number of nitrogens with zero attached hydrogens (tertiary/aromatic N) is 3. The molecular formula is C22H24N4O2. The Kier molecular flexibility index (Phi) is 4.94. The van der Waals surface area contributed by atoms with E-state index in [1.54, 1.807) is 24.4 Å². The molecular weight excluding hydrogens is 352 g/mol. The first-order valence-electron chi connectivity index (χ1n) is 9.80. The number of amides is 1. The van der Waals surface area contributed by atoms with E-state index >= 15 is 0 Å². The first-order valence-corrected chi connectivity index (χ1v) is 9.80. The van der Waals surface area contributed by atoms with Crippen molar-refractivity contribution in [2.45, 2.75) is 44.6 Å². The van der Waals surface area contributed by atoms with Crippen LogP contribution >= 0.6 is 0 Å². The Bertz CT molecular complexity index is 1040. The van der Waals surface area contributed by atoms with E-state index in [2.05, 4.69) is 15.3 Å². The summed E-state index contributed by atoms with van der Waals surface area (Å²) in [5.74, 6) is 0.319. The summed E-state index contributed by atoms with van der Waals surface area (Å²) in [7, 11) is 0. The SMILES string of the molecule is C[C@@](C(=O)Nc1ccccn1)(C1CCCCC1)n1cnc2ccccc2c1=O. The van der Waals surface area contributed by atoms with Crippen molar-refractivity contribution >= 4 is 22.6 Å². The average Bonchev–Trinajstić information content (AvgIpc) is 2.75. The van der Waals surface area contributed by atoms with E-state index in [4.69, 9.17) is 0 Å². The average molecular weight is 376 g/mol. The third kappa shape index (κ3) is 3.19. The van der Waals surface area contributed by atoms with Gasteiger partial charge in [-0.05, 0) is 49.9 Å². The molecule has 0 aliphatic heterocycles. The molecule has 1 aromatic carbocycles. The van der Waals surface area contributed by atoms with Gasteiger partial charge in [-0.2, -0.15) is 0 Å². The van der Waals surface area contributed by atoms with E-state index in [9.17, 15) is 9.59 Å². The molecule has 1 fully saturated rings. The summed E-state index contributed by atoms with van der Waals surface area (Å²) >= 11 is 0. The summed E-state index contributed by atoms with van der Waals surface area (Å²) in [6, 6.07) is 12.6. The Hall–Kier alpha value is -3.02. The molecule has 4 rings (SSSR count). The Morgan fingerprint density at radius 1 is 1.07 bits per heavy atom. The number of aromatic nitrogens is 3. The molecule has 1 amide bonds. The van der Waals surface area contributed by atoms with Crippen molar-refractivity contribution in [2.75, 3.05) is 5.32 Å². The van der Waals surface area contributed by atoms with E-state index < -0.39 is 5.54 Å². The van der Waals surface area contributed by atoms with E-state index in [-0.39, 0.29) is 17.4 Å². The molecule has 6 nitrogen and oxygen atoms in total. The highest BCUT2D eigenvalue weighted by atomic mass is 16.2. The van der Waals surface area contributed by atoms with Crippen molar-refractivity contribution in [3.05, 3.63) is 65.3 Å². The van der Waals surface area contributed by atoms with Crippen LogP contribution in [0.2, 0.25) is 0 Å². The summed E-state index contributed by atoms with van der Waals surface area (Å²) in [6.45, 7) is 1.86. The van der Waals surface area contributed by atoms with Gasteiger partial charge in [0.05, 0.1) is 17.2 Å². The van der Waals surface area contributed by atoms with Gasteiger partial charge in [0, 0.05) is 6.20 Å². The van der Waals surface area contributed by atoms with E-state index in [0.717, 1.165) is 25.7 Å². The van der Waals surface area contributed by atoms with Crippen molar-refractivity contribution in [3.63, 3.8) is 0 Å². The van der Waals surface area contributed by atoms with Crippen LogP contribution < -0.4 is 10.9 Å². The normalized spacial score (nSPS) is 17.2. The maximum absolute atomic E-state index is 13.5. The number of carbonyl (C=O) groups is 1. The third-order valence-electron chi connectivity index (χ3n) is 5.93. The van der Waals surface area contributed by atoms with E-state index in [1.807, 2.05) is 31.2 Å². The fourth-order valence-electron chi connectivity index (χ4n) is 4.24. The third-order valence-corrected chi connectivity index (χ3v) is 5.93. The van der Waals surface area contributed by atoms with Crippen molar-refractivity contribution in [1.82, 2.24) is 14.5 Å². The predicted molar refractivity (Wildman–Crippen MR) is 109 cm³/mol. The Morgan fingerprint density at radius 2 is 1.82 bits per heavy atom. The minimum absolute atomic E-state index is 0.0608. The Morgan fingerprint density at radius 3 is 2.57 bits per heavy atom. The molecule has 0 radical (unpaired) electrons. The van der Waals surface area contributed by atoms with E-state index in [1.165, 1.54) is 17.3 Å². The van der Waals surface area contributed by atoms with E-state index in [0.29, 0.717) is 16.7 Å². The molecule has 1 saturated carbocycles. The van der Waals surface area contributed by atoms with Crippen LogP contribution in [0.3, 0.4) is 0 Å². The fourth-order valence-corrected chi connectivity index (χ4v) is 4.24. The molecule has 1 atom stereocenters. The van der Waals surface area contributed by atoms with Crippen molar-refractivity contribution in [3.8, 4) is 0 Å². The second-order valence-corrected chi connectivity index (χ2v) is 7.59. The van der Waals surface area contributed by atoms with Gasteiger partial charge in [-0.3, -0.25) is 14.2 Å². The zero-order valence-corrected chi connectivity index (χ0v) is 16.0. The van der Waals surface area contributed by atoms with Crippen molar-refractivity contribution in [1.29, 1.82) is 0 Å². The second-order valence-electron chi connectivity index (χ2n) is 7.59. The quantitative estimate of drug-likeness (QED) is 0.753.